The van der Waals surface area contributed by atoms with Crippen molar-refractivity contribution in [1.29, 1.82) is 0 Å². The number of pyridine rings is 1. The van der Waals surface area contributed by atoms with E-state index in [2.05, 4.69) is 9.97 Å². The summed E-state index contributed by atoms with van der Waals surface area (Å²) in [5.74, 6) is 1.09. The molecule has 0 N–H and O–H groups in total. The largest absolute Gasteiger partial charge is 0.496 e. The van der Waals surface area contributed by atoms with Gasteiger partial charge in [-0.05, 0) is 30.3 Å². The summed E-state index contributed by atoms with van der Waals surface area (Å²) in [4.78, 5) is 8.67. The summed E-state index contributed by atoms with van der Waals surface area (Å²) < 4.78 is 10.8. The fraction of sp³-hybridized carbons (Fsp3) is 0.0667. The molecule has 2 heterocycles. The second-order valence-corrected chi connectivity index (χ2v) is 4.53. The highest BCUT2D eigenvalue weighted by molar-refractivity contribution is 6.30. The molecule has 2 aromatic heterocycles. The van der Waals surface area contributed by atoms with Gasteiger partial charge in [-0.25, -0.2) is 4.98 Å². The predicted octanol–water partition coefficient (Wildman–Crippen LogP) is 4.07. The Morgan fingerprint density at radius 1 is 1.15 bits per heavy atom. The number of methoxy groups -OCH3 is 1. The second-order valence-electron chi connectivity index (χ2n) is 4.10. The molecule has 0 aliphatic carbocycles. The molecule has 20 heavy (non-hydrogen) atoms. The Balaban J connectivity index is 2.02. The van der Waals surface area contributed by atoms with Gasteiger partial charge in [0.1, 0.15) is 17.7 Å². The summed E-state index contributed by atoms with van der Waals surface area (Å²) in [6.45, 7) is 0. The monoisotopic (exact) mass is 286 g/mol. The second kappa shape index (κ2) is 5.35. The first kappa shape index (κ1) is 12.7. The van der Waals surface area contributed by atoms with Crippen LogP contribution in [-0.4, -0.2) is 17.1 Å². The number of aromatic nitrogens is 2. The zero-order chi connectivity index (χ0) is 13.9. The van der Waals surface area contributed by atoms with E-state index in [0.29, 0.717) is 22.4 Å². The number of oxazole rings is 1. The molecule has 5 heteroatoms. The summed E-state index contributed by atoms with van der Waals surface area (Å²) in [5, 5.41) is 0.599. The van der Waals surface area contributed by atoms with Crippen molar-refractivity contribution in [2.24, 2.45) is 0 Å². The van der Waals surface area contributed by atoms with E-state index in [1.54, 1.807) is 31.7 Å². The van der Waals surface area contributed by atoms with Gasteiger partial charge in [0.25, 0.3) is 0 Å². The topological polar surface area (TPSA) is 48.2 Å². The third-order valence-corrected chi connectivity index (χ3v) is 3.06. The van der Waals surface area contributed by atoms with E-state index in [0.717, 1.165) is 11.3 Å². The number of rotatable bonds is 3. The van der Waals surface area contributed by atoms with Crippen LogP contribution < -0.4 is 4.74 Å². The zero-order valence-electron chi connectivity index (χ0n) is 10.7. The third-order valence-electron chi connectivity index (χ3n) is 2.83. The van der Waals surface area contributed by atoms with E-state index in [1.807, 2.05) is 24.3 Å². The van der Waals surface area contributed by atoms with Gasteiger partial charge in [0.15, 0.2) is 0 Å². The number of benzene rings is 1. The molecular formula is C15H11ClN2O2. The van der Waals surface area contributed by atoms with Crippen LogP contribution >= 0.6 is 11.6 Å². The number of hydrogen-bond donors (Lipinski definition) is 0. The van der Waals surface area contributed by atoms with Crippen LogP contribution in [-0.2, 0) is 0 Å². The lowest BCUT2D eigenvalue weighted by atomic mass is 10.2. The Bertz CT molecular complexity index is 726. The number of hydrogen-bond acceptors (Lipinski definition) is 4. The van der Waals surface area contributed by atoms with Crippen LogP contribution in [0, 0.1) is 0 Å². The molecule has 0 amide bonds. The zero-order valence-corrected chi connectivity index (χ0v) is 11.5. The summed E-state index contributed by atoms with van der Waals surface area (Å²) in [5.41, 5.74) is 2.19. The van der Waals surface area contributed by atoms with Crippen molar-refractivity contribution in [2.75, 3.05) is 7.11 Å². The molecule has 0 radical (unpaired) electrons. The van der Waals surface area contributed by atoms with Crippen molar-refractivity contribution in [3.8, 4) is 28.6 Å². The van der Waals surface area contributed by atoms with Crippen molar-refractivity contribution in [2.45, 2.75) is 0 Å². The van der Waals surface area contributed by atoms with Crippen LogP contribution in [0.4, 0.5) is 0 Å². The third kappa shape index (κ3) is 2.38. The highest BCUT2D eigenvalue weighted by atomic mass is 35.5. The van der Waals surface area contributed by atoms with Crippen LogP contribution in [0.5, 0.6) is 5.75 Å². The van der Waals surface area contributed by atoms with Crippen molar-refractivity contribution in [3.05, 3.63) is 53.9 Å². The van der Waals surface area contributed by atoms with Crippen LogP contribution in [0.15, 0.2) is 53.3 Å². The Morgan fingerprint density at radius 3 is 2.80 bits per heavy atom. The Hall–Kier alpha value is -2.33. The van der Waals surface area contributed by atoms with Crippen molar-refractivity contribution >= 4 is 11.6 Å². The number of ether oxygens (including phenoxy) is 1. The molecule has 3 aromatic rings. The van der Waals surface area contributed by atoms with Gasteiger partial charge in [-0.2, -0.15) is 0 Å². The van der Waals surface area contributed by atoms with Gasteiger partial charge >= 0.3 is 0 Å². The maximum Gasteiger partial charge on any atom is 0.230 e. The fourth-order valence-corrected chi connectivity index (χ4v) is 2.03. The van der Waals surface area contributed by atoms with Crippen LogP contribution in [0.25, 0.3) is 22.8 Å². The minimum atomic E-state index is 0.471. The molecule has 3 rings (SSSR count). The van der Waals surface area contributed by atoms with E-state index >= 15 is 0 Å². The van der Waals surface area contributed by atoms with Gasteiger partial charge in [-0.15, -0.1) is 0 Å². The fourth-order valence-electron chi connectivity index (χ4n) is 1.87. The molecular weight excluding hydrogens is 276 g/mol. The Morgan fingerprint density at radius 2 is 2.05 bits per heavy atom. The first-order valence-electron chi connectivity index (χ1n) is 5.99. The van der Waals surface area contributed by atoms with Crippen molar-refractivity contribution < 1.29 is 9.15 Å². The molecule has 4 nitrogen and oxygen atoms in total. The molecule has 0 saturated heterocycles. The summed E-state index contributed by atoms with van der Waals surface area (Å²) in [7, 11) is 1.58. The van der Waals surface area contributed by atoms with E-state index in [4.69, 9.17) is 20.8 Å². The van der Waals surface area contributed by atoms with E-state index in [-0.39, 0.29) is 0 Å². The van der Waals surface area contributed by atoms with Crippen LogP contribution in [0.2, 0.25) is 5.02 Å². The highest BCUT2D eigenvalue weighted by Gasteiger charge is 2.13. The lowest BCUT2D eigenvalue weighted by Gasteiger charge is -2.05. The maximum atomic E-state index is 5.94. The molecule has 1 aromatic carbocycles. The molecule has 0 saturated carbocycles. The first-order chi connectivity index (χ1) is 9.78. The maximum absolute atomic E-state index is 5.94. The van der Waals surface area contributed by atoms with Crippen molar-refractivity contribution in [1.82, 2.24) is 9.97 Å². The van der Waals surface area contributed by atoms with Crippen molar-refractivity contribution in [3.63, 3.8) is 0 Å². The molecule has 0 aliphatic rings. The van der Waals surface area contributed by atoms with Gasteiger partial charge in [-0.1, -0.05) is 17.7 Å². The highest BCUT2D eigenvalue weighted by Crippen LogP contribution is 2.32. The molecule has 0 bridgehead atoms. The minimum Gasteiger partial charge on any atom is -0.496 e. The van der Waals surface area contributed by atoms with E-state index < -0.39 is 0 Å². The van der Waals surface area contributed by atoms with Crippen LogP contribution in [0.3, 0.4) is 0 Å². The molecule has 0 spiro atoms. The SMILES string of the molecule is COc1cc(Cl)ccc1-c1nc(-c2ccccn2)co1. The first-order valence-corrected chi connectivity index (χ1v) is 6.36. The lowest BCUT2D eigenvalue weighted by Crippen LogP contribution is -1.88. The normalized spacial score (nSPS) is 10.5. The van der Waals surface area contributed by atoms with E-state index in [9.17, 15) is 0 Å². The lowest BCUT2D eigenvalue weighted by molar-refractivity contribution is 0.414. The van der Waals surface area contributed by atoms with Gasteiger partial charge in [0, 0.05) is 11.2 Å². The summed E-state index contributed by atoms with van der Waals surface area (Å²) >= 11 is 5.94. The average molecular weight is 287 g/mol. The predicted molar refractivity (Wildman–Crippen MR) is 76.7 cm³/mol. The Labute approximate surface area is 121 Å². The summed E-state index contributed by atoms with van der Waals surface area (Å²) in [6, 6.07) is 10.9. The van der Waals surface area contributed by atoms with Gasteiger partial charge in [0.2, 0.25) is 5.89 Å². The smallest absolute Gasteiger partial charge is 0.230 e. The standard InChI is InChI=1S/C15H11ClN2O2/c1-19-14-8-10(16)5-6-11(14)15-18-13(9-20-15)12-4-2-3-7-17-12/h2-9H,1H3. The number of halogens is 1. The van der Waals surface area contributed by atoms with Crippen LogP contribution in [0.1, 0.15) is 0 Å². The van der Waals surface area contributed by atoms with Gasteiger partial charge in [0.05, 0.1) is 18.4 Å². The minimum absolute atomic E-state index is 0.471. The molecule has 0 atom stereocenters. The van der Waals surface area contributed by atoms with Gasteiger partial charge < -0.3 is 9.15 Å². The number of nitrogens with zero attached hydrogens (tertiary/aromatic N) is 2. The molecule has 0 aliphatic heterocycles. The Kier molecular flexibility index (Phi) is 3.39. The molecule has 0 fully saturated rings. The quantitative estimate of drug-likeness (QED) is 0.728. The molecule has 0 unspecified atom stereocenters. The summed E-state index contributed by atoms with van der Waals surface area (Å²) in [6.07, 6.45) is 3.29. The molecule has 100 valence electrons. The van der Waals surface area contributed by atoms with E-state index in [1.165, 1.54) is 0 Å². The van der Waals surface area contributed by atoms with Gasteiger partial charge in [-0.3, -0.25) is 4.98 Å². The average Bonchev–Trinajstić information content (AvgIpc) is 2.97.